The Morgan fingerprint density at radius 3 is 1.65 bits per heavy atom. The predicted molar refractivity (Wildman–Crippen MR) is 103 cm³/mol. The van der Waals surface area contributed by atoms with Crippen LogP contribution in [0, 0.1) is 23.7 Å². The maximum absolute atomic E-state index is 2.56. The first-order valence-corrected chi connectivity index (χ1v) is 14.1. The van der Waals surface area contributed by atoms with E-state index in [4.69, 9.17) is 0 Å². The van der Waals surface area contributed by atoms with Crippen molar-refractivity contribution in [1.82, 2.24) is 0 Å². The molecule has 0 amide bonds. The summed E-state index contributed by atoms with van der Waals surface area (Å²) < 4.78 is 3.78. The molecule has 5 rings (SSSR count). The van der Waals surface area contributed by atoms with Crippen LogP contribution in [0.25, 0.3) is 0 Å². The van der Waals surface area contributed by atoms with Crippen molar-refractivity contribution < 1.29 is 34.2 Å². The molecule has 4 aliphatic carbocycles. The van der Waals surface area contributed by atoms with Gasteiger partial charge in [0.15, 0.2) is 0 Å². The Kier molecular flexibility index (Phi) is 5.87. The maximum Gasteiger partial charge on any atom is -1.00 e. The monoisotopic (exact) mass is 440 g/mol. The first-order valence-electron chi connectivity index (χ1n) is 10.0. The number of hydrogen-bond donors (Lipinski definition) is 0. The smallest absolute Gasteiger partial charge is 1.00 e. The fraction of sp³-hybridized carbons (Fsp3) is 0.417. The normalized spacial score (nSPS) is 36.5. The van der Waals surface area contributed by atoms with E-state index >= 15 is 0 Å². The van der Waals surface area contributed by atoms with E-state index in [1.807, 2.05) is 0 Å². The molecule has 0 aromatic heterocycles. The van der Waals surface area contributed by atoms with Gasteiger partial charge in [-0.1, -0.05) is 0 Å². The van der Waals surface area contributed by atoms with Crippen molar-refractivity contribution in [2.75, 3.05) is 0 Å². The zero-order chi connectivity index (χ0) is 16.6. The summed E-state index contributed by atoms with van der Waals surface area (Å²) in [4.78, 5) is 0. The molecule has 6 atom stereocenters. The maximum atomic E-state index is 2.56. The van der Waals surface area contributed by atoms with Gasteiger partial charge in [-0.2, -0.15) is 0 Å². The quantitative estimate of drug-likeness (QED) is 0.676. The summed E-state index contributed by atoms with van der Waals surface area (Å²) in [6, 6.07) is 11.8. The molecule has 1 aromatic carbocycles. The molecule has 4 aliphatic rings. The molecule has 134 valence electrons. The third-order valence-corrected chi connectivity index (χ3v) is 16.7. The molecule has 0 N–H and O–H groups in total. The summed E-state index contributed by atoms with van der Waals surface area (Å²) in [5.41, 5.74) is 0. The number of hydrogen-bond acceptors (Lipinski definition) is 0. The summed E-state index contributed by atoms with van der Waals surface area (Å²) in [5.74, 6) is 3.32. The second kappa shape index (κ2) is 8.16. The zero-order valence-electron chi connectivity index (χ0n) is 15.2. The van der Waals surface area contributed by atoms with Crippen LogP contribution in [-0.2, 0) is 21.8 Å². The minimum absolute atomic E-state index is 0. The Labute approximate surface area is 172 Å². The first-order chi connectivity index (χ1) is 12.4. The van der Waals surface area contributed by atoms with Gasteiger partial charge in [-0.15, -0.1) is 0 Å². The molecule has 0 bridgehead atoms. The van der Waals surface area contributed by atoms with Gasteiger partial charge in [0.1, 0.15) is 0 Å². The molecule has 0 heterocycles. The molecule has 0 aliphatic heterocycles. The summed E-state index contributed by atoms with van der Waals surface area (Å²) in [7, 11) is 0. The fourth-order valence-electron chi connectivity index (χ4n) is 5.97. The molecule has 0 nitrogen and oxygen atoms in total. The van der Waals surface area contributed by atoms with Crippen LogP contribution in [-0.4, -0.2) is 0 Å². The Hall–Kier alpha value is -0.647. The van der Waals surface area contributed by atoms with Crippen molar-refractivity contribution in [3.63, 3.8) is 0 Å². The van der Waals surface area contributed by atoms with E-state index < -0.39 is 21.8 Å². The molecule has 1 aromatic rings. The number of benzene rings is 1. The van der Waals surface area contributed by atoms with Crippen molar-refractivity contribution >= 4 is 3.27 Å². The Morgan fingerprint density at radius 2 is 1.12 bits per heavy atom. The van der Waals surface area contributed by atoms with E-state index in [1.165, 1.54) is 25.7 Å². The zero-order valence-corrected chi connectivity index (χ0v) is 18.4. The minimum atomic E-state index is -1.79. The van der Waals surface area contributed by atoms with Crippen LogP contribution in [0.3, 0.4) is 0 Å². The van der Waals surface area contributed by atoms with E-state index in [0.29, 0.717) is 0 Å². The molecule has 2 fully saturated rings. The second-order valence-electron chi connectivity index (χ2n) is 8.21. The van der Waals surface area contributed by atoms with Gasteiger partial charge in [-0.25, -0.2) is 0 Å². The molecule has 26 heavy (non-hydrogen) atoms. The van der Waals surface area contributed by atoms with Gasteiger partial charge in [0.25, 0.3) is 0 Å². The Balaban J connectivity index is 0.00000168. The SMILES string of the molecule is C1=CC2CC[CH]([Zr+]([c]3ccccc3)[CH]3CCC4C=CC=CC43)C2C=C1.[Cl-]. The van der Waals surface area contributed by atoms with Gasteiger partial charge in [-0.05, 0) is 0 Å². The number of rotatable bonds is 3. The van der Waals surface area contributed by atoms with Crippen LogP contribution in [0.4, 0.5) is 0 Å². The van der Waals surface area contributed by atoms with Crippen LogP contribution in [0.2, 0.25) is 7.25 Å². The molecule has 6 unspecified atom stereocenters. The number of fused-ring (bicyclic) bond motifs is 2. The molecule has 0 spiro atoms. The fourth-order valence-corrected chi connectivity index (χ4v) is 17.0. The second-order valence-corrected chi connectivity index (χ2v) is 15.5. The molecule has 0 saturated heterocycles. The third-order valence-electron chi connectivity index (χ3n) is 7.05. The van der Waals surface area contributed by atoms with Gasteiger partial charge in [0.05, 0.1) is 0 Å². The average molecular weight is 442 g/mol. The first kappa shape index (κ1) is 18.7. The Morgan fingerprint density at radius 1 is 0.615 bits per heavy atom. The minimum Gasteiger partial charge on any atom is -1.00 e. The molecule has 2 heteroatoms. The largest absolute Gasteiger partial charge is 1.00 e. The van der Waals surface area contributed by atoms with Gasteiger partial charge >= 0.3 is 161 Å². The van der Waals surface area contributed by atoms with E-state index in [2.05, 4.69) is 78.9 Å². The molecular weight excluding hydrogens is 415 g/mol. The summed E-state index contributed by atoms with van der Waals surface area (Å²) in [5, 5.41) is 0. The van der Waals surface area contributed by atoms with Crippen molar-refractivity contribution in [3.05, 3.63) is 78.9 Å². The van der Waals surface area contributed by atoms with Crippen LogP contribution >= 0.6 is 0 Å². The molecule has 0 radical (unpaired) electrons. The predicted octanol–water partition coefficient (Wildman–Crippen LogP) is 2.82. The van der Waals surface area contributed by atoms with Crippen molar-refractivity contribution in [2.45, 2.75) is 32.9 Å². The number of allylic oxidation sites excluding steroid dienone is 8. The van der Waals surface area contributed by atoms with Gasteiger partial charge in [0, 0.05) is 0 Å². The summed E-state index contributed by atoms with van der Waals surface area (Å²) in [6.07, 6.45) is 25.1. The average Bonchev–Trinajstić information content (AvgIpc) is 3.29. The third kappa shape index (κ3) is 3.31. The van der Waals surface area contributed by atoms with Crippen LogP contribution < -0.4 is 15.7 Å². The van der Waals surface area contributed by atoms with E-state index in [9.17, 15) is 0 Å². The molecule has 2 saturated carbocycles. The Bertz CT molecular complexity index is 688. The molecular formula is C24H27ClZr. The number of halogens is 1. The van der Waals surface area contributed by atoms with Gasteiger partial charge < -0.3 is 12.4 Å². The van der Waals surface area contributed by atoms with E-state index in [1.54, 1.807) is 3.27 Å². The van der Waals surface area contributed by atoms with Crippen LogP contribution in [0.1, 0.15) is 25.7 Å². The van der Waals surface area contributed by atoms with Crippen LogP contribution in [0.5, 0.6) is 0 Å². The standard InChI is InChI=1S/2C9H11.C6H5.ClH.Zr/c2*1-2-5-9-7-3-6-8(9)4-1;1-2-4-6-5-3-1;;/h2*1-2,4-6,8-9H,3,7H2;1-5H;1H;/q;;;;+1/p-1. The van der Waals surface area contributed by atoms with Gasteiger partial charge in [0.2, 0.25) is 0 Å². The summed E-state index contributed by atoms with van der Waals surface area (Å²) in [6.45, 7) is 0. The van der Waals surface area contributed by atoms with E-state index in [0.717, 1.165) is 30.9 Å². The van der Waals surface area contributed by atoms with Crippen LogP contribution in [0.15, 0.2) is 78.9 Å². The summed E-state index contributed by atoms with van der Waals surface area (Å²) >= 11 is -1.79. The topological polar surface area (TPSA) is 0 Å². The van der Waals surface area contributed by atoms with Gasteiger partial charge in [-0.3, -0.25) is 0 Å². The van der Waals surface area contributed by atoms with Crippen molar-refractivity contribution in [2.24, 2.45) is 23.7 Å². The van der Waals surface area contributed by atoms with Crippen molar-refractivity contribution in [1.29, 1.82) is 0 Å². The van der Waals surface area contributed by atoms with E-state index in [-0.39, 0.29) is 12.4 Å². The van der Waals surface area contributed by atoms with Crippen molar-refractivity contribution in [3.8, 4) is 0 Å².